The summed E-state index contributed by atoms with van der Waals surface area (Å²) in [4.78, 5) is 23.2. The molecule has 0 aliphatic rings. The minimum Gasteiger partial charge on any atom is -0.417 e. The number of allylic oxidation sites excluding steroid dienone is 3. The summed E-state index contributed by atoms with van der Waals surface area (Å²) >= 11 is 2.35. The number of aldehydes is 1. The zero-order chi connectivity index (χ0) is 22.0. The molecule has 0 bridgehead atoms. The van der Waals surface area contributed by atoms with Crippen molar-refractivity contribution in [2.45, 2.75) is 85.4 Å². The predicted molar refractivity (Wildman–Crippen MR) is 132 cm³/mol. The molecule has 0 saturated heterocycles. The van der Waals surface area contributed by atoms with Gasteiger partial charge in [0.05, 0.1) is 0 Å². The van der Waals surface area contributed by atoms with Crippen LogP contribution in [0.2, 0.25) is 18.1 Å². The highest BCUT2D eigenvalue weighted by Crippen LogP contribution is 2.39. The average Bonchev–Trinajstić information content (AvgIpc) is 2.57. The Morgan fingerprint density at radius 3 is 2.21 bits per heavy atom. The molecule has 0 radical (unpaired) electrons. The molecule has 0 heterocycles. The third-order valence-electron chi connectivity index (χ3n) is 6.07. The van der Waals surface area contributed by atoms with Gasteiger partial charge in [-0.15, -0.1) is 0 Å². The van der Waals surface area contributed by atoms with Gasteiger partial charge in [-0.2, -0.15) is 0 Å². The molecule has 0 saturated carbocycles. The number of ketones is 1. The molecule has 0 aromatic rings. The van der Waals surface area contributed by atoms with Crippen molar-refractivity contribution in [2.75, 3.05) is 11.0 Å². The van der Waals surface area contributed by atoms with Gasteiger partial charge in [-0.1, -0.05) is 68.5 Å². The molecular formula is C23H41IO3Si. The van der Waals surface area contributed by atoms with E-state index >= 15 is 0 Å². The Hall–Kier alpha value is -0.273. The number of Topliss-reactive ketones (excluding diaryl/α,β-unsaturated/α-hetero) is 1. The molecular weight excluding hydrogens is 479 g/mol. The standard InChI is InChI=1S/C23H41IO3Si/c1-19(18-25)12-11-15-23(6,21(13-16-24)20(2)26)14-9-10-17-27-28(7,8)22(3,4)5/h9,12,14,18,21H,10-11,13,15-17H2,1-8H3/b14-9+,19-12+/t21-,23-/m1/s1. The number of halogens is 1. The maximum atomic E-state index is 12.3. The highest BCUT2D eigenvalue weighted by molar-refractivity contribution is 14.1. The van der Waals surface area contributed by atoms with Crippen LogP contribution in [0.3, 0.4) is 0 Å². The van der Waals surface area contributed by atoms with E-state index in [1.54, 1.807) is 6.92 Å². The lowest BCUT2D eigenvalue weighted by molar-refractivity contribution is -0.123. The van der Waals surface area contributed by atoms with Crippen LogP contribution < -0.4 is 0 Å². The van der Waals surface area contributed by atoms with Gasteiger partial charge in [0.1, 0.15) is 12.1 Å². The fourth-order valence-corrected chi connectivity index (χ4v) is 4.77. The molecule has 0 aromatic heterocycles. The van der Waals surface area contributed by atoms with E-state index < -0.39 is 8.32 Å². The lowest BCUT2D eigenvalue weighted by Crippen LogP contribution is -2.40. The number of hydrogen-bond acceptors (Lipinski definition) is 3. The largest absolute Gasteiger partial charge is 0.417 e. The number of carbonyl (C=O) groups is 2. The van der Waals surface area contributed by atoms with Crippen LogP contribution in [-0.4, -0.2) is 31.4 Å². The summed E-state index contributed by atoms with van der Waals surface area (Å²) in [6.07, 6.45) is 10.7. The van der Waals surface area contributed by atoms with Gasteiger partial charge < -0.3 is 4.43 Å². The third-order valence-corrected chi connectivity index (χ3v) is 11.2. The first kappa shape index (κ1) is 27.7. The zero-order valence-corrected chi connectivity index (χ0v) is 22.4. The topological polar surface area (TPSA) is 43.4 Å². The first-order valence-corrected chi connectivity index (χ1v) is 14.7. The van der Waals surface area contributed by atoms with E-state index in [2.05, 4.69) is 75.5 Å². The number of hydrogen-bond donors (Lipinski definition) is 0. The van der Waals surface area contributed by atoms with Crippen molar-refractivity contribution in [3.8, 4) is 0 Å². The summed E-state index contributed by atoms with van der Waals surface area (Å²) in [5.74, 6) is 0.254. The molecule has 0 aromatic carbocycles. The van der Waals surface area contributed by atoms with E-state index in [9.17, 15) is 9.59 Å². The molecule has 0 fully saturated rings. The van der Waals surface area contributed by atoms with Crippen molar-refractivity contribution >= 4 is 43.0 Å². The molecule has 2 atom stereocenters. The maximum Gasteiger partial charge on any atom is 0.191 e. The van der Waals surface area contributed by atoms with Crippen molar-refractivity contribution in [1.82, 2.24) is 0 Å². The quantitative estimate of drug-likeness (QED) is 0.0504. The van der Waals surface area contributed by atoms with Gasteiger partial charge in [-0.25, -0.2) is 0 Å². The van der Waals surface area contributed by atoms with Gasteiger partial charge in [0.2, 0.25) is 0 Å². The molecule has 0 N–H and O–H groups in total. The monoisotopic (exact) mass is 520 g/mol. The minimum absolute atomic E-state index is 0.00639. The molecule has 3 nitrogen and oxygen atoms in total. The van der Waals surface area contributed by atoms with E-state index in [4.69, 9.17) is 4.43 Å². The normalized spacial score (nSPS) is 16.8. The van der Waals surface area contributed by atoms with E-state index in [0.717, 1.165) is 48.6 Å². The highest BCUT2D eigenvalue weighted by Gasteiger charge is 2.37. The summed E-state index contributed by atoms with van der Waals surface area (Å²) in [7, 11) is -1.72. The van der Waals surface area contributed by atoms with Crippen LogP contribution in [0.25, 0.3) is 0 Å². The predicted octanol–water partition coefficient (Wildman–Crippen LogP) is 6.92. The van der Waals surface area contributed by atoms with Crippen molar-refractivity contribution in [3.63, 3.8) is 0 Å². The Morgan fingerprint density at radius 1 is 1.14 bits per heavy atom. The highest BCUT2D eigenvalue weighted by atomic mass is 127. The Labute approximate surface area is 188 Å². The third kappa shape index (κ3) is 9.48. The van der Waals surface area contributed by atoms with Crippen LogP contribution in [0.5, 0.6) is 0 Å². The van der Waals surface area contributed by atoms with Crippen LogP contribution in [-0.2, 0) is 14.0 Å². The molecule has 5 heteroatoms. The molecule has 0 amide bonds. The van der Waals surface area contributed by atoms with Crippen molar-refractivity contribution in [2.24, 2.45) is 11.3 Å². The molecule has 0 rings (SSSR count). The Balaban J connectivity index is 5.17. The molecule has 0 unspecified atom stereocenters. The number of alkyl halides is 1. The van der Waals surface area contributed by atoms with E-state index in [1.165, 1.54) is 0 Å². The fraction of sp³-hybridized carbons (Fsp3) is 0.739. The molecule has 162 valence electrons. The van der Waals surface area contributed by atoms with Crippen LogP contribution >= 0.6 is 22.6 Å². The van der Waals surface area contributed by atoms with Gasteiger partial charge in [0.25, 0.3) is 0 Å². The Morgan fingerprint density at radius 2 is 1.75 bits per heavy atom. The van der Waals surface area contributed by atoms with Crippen LogP contribution in [0, 0.1) is 11.3 Å². The molecule has 0 aliphatic carbocycles. The summed E-state index contributed by atoms with van der Waals surface area (Å²) in [6, 6.07) is 0. The van der Waals surface area contributed by atoms with Crippen molar-refractivity contribution in [3.05, 3.63) is 23.8 Å². The summed E-state index contributed by atoms with van der Waals surface area (Å²) in [6.45, 7) is 17.7. The lowest BCUT2D eigenvalue weighted by Gasteiger charge is -2.36. The summed E-state index contributed by atoms with van der Waals surface area (Å²) < 4.78 is 7.22. The second-order valence-corrected chi connectivity index (χ2v) is 15.4. The molecule has 0 spiro atoms. The second kappa shape index (κ2) is 12.4. The van der Waals surface area contributed by atoms with Gasteiger partial charge in [0, 0.05) is 17.0 Å². The lowest BCUT2D eigenvalue weighted by atomic mass is 9.70. The summed E-state index contributed by atoms with van der Waals surface area (Å²) in [5.41, 5.74) is 0.551. The van der Waals surface area contributed by atoms with E-state index in [1.807, 2.05) is 13.0 Å². The minimum atomic E-state index is -1.72. The van der Waals surface area contributed by atoms with Crippen LogP contribution in [0.1, 0.15) is 67.2 Å². The average molecular weight is 521 g/mol. The van der Waals surface area contributed by atoms with E-state index in [0.29, 0.717) is 0 Å². The maximum absolute atomic E-state index is 12.3. The summed E-state index contributed by atoms with van der Waals surface area (Å²) in [5, 5.41) is 0.216. The van der Waals surface area contributed by atoms with E-state index in [-0.39, 0.29) is 22.2 Å². The second-order valence-electron chi connectivity index (χ2n) is 9.55. The first-order chi connectivity index (χ1) is 12.8. The SMILES string of the molecule is CC(=O)[C@@H](CCI)[C@](C)(/C=C/CCO[Si](C)(C)C(C)(C)C)CC/C=C(\C)C=O. The van der Waals surface area contributed by atoms with Crippen molar-refractivity contribution < 1.29 is 14.0 Å². The molecule has 28 heavy (non-hydrogen) atoms. The van der Waals surface area contributed by atoms with Gasteiger partial charge in [-0.3, -0.25) is 9.59 Å². The Kier molecular flexibility index (Phi) is 12.3. The smallest absolute Gasteiger partial charge is 0.191 e. The molecule has 0 aliphatic heterocycles. The van der Waals surface area contributed by atoms with Crippen molar-refractivity contribution in [1.29, 1.82) is 0 Å². The van der Waals surface area contributed by atoms with Gasteiger partial charge in [-0.05, 0) is 68.7 Å². The number of carbonyl (C=O) groups excluding carboxylic acids is 2. The van der Waals surface area contributed by atoms with Crippen LogP contribution in [0.15, 0.2) is 23.8 Å². The number of rotatable bonds is 13. The Bertz CT molecular complexity index is 561. The van der Waals surface area contributed by atoms with Gasteiger partial charge in [0.15, 0.2) is 8.32 Å². The first-order valence-electron chi connectivity index (χ1n) is 10.3. The van der Waals surface area contributed by atoms with Crippen LogP contribution in [0.4, 0.5) is 0 Å². The van der Waals surface area contributed by atoms with Gasteiger partial charge >= 0.3 is 0 Å². The zero-order valence-electron chi connectivity index (χ0n) is 19.2. The fourth-order valence-electron chi connectivity index (χ4n) is 3.09.